The van der Waals surface area contributed by atoms with E-state index in [1.165, 1.54) is 33.4 Å². The lowest BCUT2D eigenvalue weighted by Gasteiger charge is -2.27. The Morgan fingerprint density at radius 2 is 0.500 bits per heavy atom. The third-order valence-electron chi connectivity index (χ3n) is 9.15. The first-order valence-corrected chi connectivity index (χ1v) is 17.0. The van der Waals surface area contributed by atoms with Crippen LogP contribution in [0.1, 0.15) is 63.8 Å². The van der Waals surface area contributed by atoms with E-state index in [0.717, 1.165) is 34.1 Å². The molecule has 0 fully saturated rings. The van der Waals surface area contributed by atoms with Crippen molar-refractivity contribution in [1.29, 1.82) is 0 Å². The maximum atomic E-state index is 2.34. The van der Waals surface area contributed by atoms with Crippen LogP contribution < -0.4 is 9.80 Å². The Morgan fingerprint density at radius 3 is 0.729 bits per heavy atom. The number of aryl methyl sites for hydroxylation is 2. The largest absolute Gasteiger partial charge is 0.311 e. The van der Waals surface area contributed by atoms with E-state index in [4.69, 9.17) is 0 Å². The molecule has 2 nitrogen and oxygen atoms in total. The molecule has 0 atom stereocenters. The molecular formula is C46H48N2. The molecule has 6 aromatic carbocycles. The summed E-state index contributed by atoms with van der Waals surface area (Å²) >= 11 is 0. The van der Waals surface area contributed by atoms with Crippen molar-refractivity contribution < 1.29 is 0 Å². The van der Waals surface area contributed by atoms with Gasteiger partial charge in [0.2, 0.25) is 0 Å². The van der Waals surface area contributed by atoms with Gasteiger partial charge in [0.05, 0.1) is 0 Å². The molecule has 6 rings (SSSR count). The van der Waals surface area contributed by atoms with E-state index < -0.39 is 0 Å². The topological polar surface area (TPSA) is 6.48 Å². The molecule has 0 aliphatic heterocycles. The summed E-state index contributed by atoms with van der Waals surface area (Å²) in [6.07, 6.45) is 0. The lowest BCUT2D eigenvalue weighted by atomic mass is 9.87. The summed E-state index contributed by atoms with van der Waals surface area (Å²) < 4.78 is 0. The van der Waals surface area contributed by atoms with E-state index in [1.54, 1.807) is 0 Å². The van der Waals surface area contributed by atoms with Crippen LogP contribution in [0.2, 0.25) is 0 Å². The Bertz CT molecular complexity index is 1790. The van der Waals surface area contributed by atoms with E-state index >= 15 is 0 Å². The van der Waals surface area contributed by atoms with Gasteiger partial charge in [-0.2, -0.15) is 0 Å². The zero-order chi connectivity index (χ0) is 34.1. The fourth-order valence-electron chi connectivity index (χ4n) is 6.11. The van der Waals surface area contributed by atoms with Crippen molar-refractivity contribution in [2.75, 3.05) is 9.80 Å². The maximum Gasteiger partial charge on any atom is 0.0462 e. The molecule has 0 N–H and O–H groups in total. The molecule has 0 bridgehead atoms. The van der Waals surface area contributed by atoms with Crippen molar-refractivity contribution in [3.05, 3.63) is 168 Å². The van der Waals surface area contributed by atoms with Crippen molar-refractivity contribution in [3.8, 4) is 11.1 Å². The van der Waals surface area contributed by atoms with Crippen LogP contribution in [0.3, 0.4) is 0 Å². The van der Waals surface area contributed by atoms with E-state index in [1.807, 2.05) is 0 Å². The molecule has 0 aliphatic rings. The summed E-state index contributed by atoms with van der Waals surface area (Å²) in [7, 11) is 0. The van der Waals surface area contributed by atoms with Crippen molar-refractivity contribution in [2.45, 2.75) is 66.2 Å². The lowest BCUT2D eigenvalue weighted by Crippen LogP contribution is -2.13. The van der Waals surface area contributed by atoms with Crippen LogP contribution in [0.15, 0.2) is 146 Å². The fourth-order valence-corrected chi connectivity index (χ4v) is 6.11. The number of benzene rings is 6. The molecule has 6 aromatic rings. The number of anilines is 6. The predicted octanol–water partition coefficient (Wildman–Crippen LogP) is 13.5. The maximum absolute atomic E-state index is 2.34. The molecule has 0 amide bonds. The van der Waals surface area contributed by atoms with Gasteiger partial charge in [0.15, 0.2) is 0 Å². The van der Waals surface area contributed by atoms with Crippen LogP contribution in [-0.2, 0) is 10.8 Å². The van der Waals surface area contributed by atoms with E-state index in [-0.39, 0.29) is 10.8 Å². The van der Waals surface area contributed by atoms with Crippen LogP contribution in [0.25, 0.3) is 11.1 Å². The minimum absolute atomic E-state index is 0.110. The van der Waals surface area contributed by atoms with Gasteiger partial charge in [0.1, 0.15) is 0 Å². The molecule has 0 unspecified atom stereocenters. The Labute approximate surface area is 288 Å². The van der Waals surface area contributed by atoms with Crippen LogP contribution >= 0.6 is 0 Å². The van der Waals surface area contributed by atoms with Gasteiger partial charge in [0, 0.05) is 34.1 Å². The molecule has 0 aromatic heterocycles. The highest BCUT2D eigenvalue weighted by molar-refractivity contribution is 5.81. The average molecular weight is 629 g/mol. The number of hydrogen-bond donors (Lipinski definition) is 0. The number of rotatable bonds is 7. The van der Waals surface area contributed by atoms with E-state index in [9.17, 15) is 0 Å². The van der Waals surface area contributed by atoms with Gasteiger partial charge in [-0.25, -0.2) is 0 Å². The SMILES string of the molecule is Cc1ccc(N(c2ccc(-c3ccc(N(c4ccc(C)cc4)c4ccc(C(C)(C)C)cc4)cc3)cc2)c2ccc(C(C)(C)C)cc2)cc1. The first kappa shape index (κ1) is 32.8. The molecule has 48 heavy (non-hydrogen) atoms. The number of nitrogens with zero attached hydrogens (tertiary/aromatic N) is 2. The molecule has 0 saturated carbocycles. The minimum Gasteiger partial charge on any atom is -0.311 e. The lowest BCUT2D eigenvalue weighted by molar-refractivity contribution is 0.590. The molecule has 0 aliphatic carbocycles. The first-order chi connectivity index (χ1) is 22.9. The predicted molar refractivity (Wildman–Crippen MR) is 208 cm³/mol. The third-order valence-corrected chi connectivity index (χ3v) is 9.15. The van der Waals surface area contributed by atoms with Crippen LogP contribution in [0.5, 0.6) is 0 Å². The van der Waals surface area contributed by atoms with Gasteiger partial charge < -0.3 is 9.80 Å². The van der Waals surface area contributed by atoms with E-state index in [0.29, 0.717) is 0 Å². The van der Waals surface area contributed by atoms with Crippen molar-refractivity contribution in [3.63, 3.8) is 0 Å². The minimum atomic E-state index is 0.110. The zero-order valence-corrected chi connectivity index (χ0v) is 29.8. The van der Waals surface area contributed by atoms with Crippen molar-refractivity contribution in [2.24, 2.45) is 0 Å². The quantitative estimate of drug-likeness (QED) is 0.174. The summed E-state index contributed by atoms with van der Waals surface area (Å²) in [5.41, 5.74) is 14.6. The summed E-state index contributed by atoms with van der Waals surface area (Å²) in [5.74, 6) is 0. The van der Waals surface area contributed by atoms with Crippen LogP contribution in [-0.4, -0.2) is 0 Å². The zero-order valence-electron chi connectivity index (χ0n) is 29.8. The van der Waals surface area contributed by atoms with Gasteiger partial charge in [-0.15, -0.1) is 0 Å². The van der Waals surface area contributed by atoms with Crippen molar-refractivity contribution >= 4 is 34.1 Å². The molecule has 2 heteroatoms. The summed E-state index contributed by atoms with van der Waals surface area (Å²) in [6.45, 7) is 17.8. The highest BCUT2D eigenvalue weighted by Gasteiger charge is 2.18. The number of hydrogen-bond acceptors (Lipinski definition) is 2. The Kier molecular flexibility index (Phi) is 9.03. The summed E-state index contributed by atoms with van der Waals surface area (Å²) in [4.78, 5) is 4.67. The van der Waals surface area contributed by atoms with Gasteiger partial charge in [-0.3, -0.25) is 0 Å². The first-order valence-electron chi connectivity index (χ1n) is 17.0. The third kappa shape index (κ3) is 7.24. The monoisotopic (exact) mass is 628 g/mol. The normalized spacial score (nSPS) is 11.8. The van der Waals surface area contributed by atoms with Gasteiger partial charge in [-0.1, -0.05) is 125 Å². The Morgan fingerprint density at radius 1 is 0.292 bits per heavy atom. The Balaban J connectivity index is 1.31. The second-order valence-corrected chi connectivity index (χ2v) is 15.0. The summed E-state index contributed by atoms with van der Waals surface area (Å²) in [5, 5.41) is 0. The second kappa shape index (κ2) is 13.2. The summed E-state index contributed by atoms with van der Waals surface area (Å²) in [6, 6.07) is 53.4. The molecular weight excluding hydrogens is 581 g/mol. The standard InChI is InChI=1S/C46H48N2/c1-33-9-21-39(22-10-33)47(43-29-17-37(18-30-43)45(3,4)5)41-25-13-35(14-26-41)36-15-27-42(28-16-36)48(40-23-11-34(2)12-24-40)44-31-19-38(20-32-44)46(6,7)8/h9-32H,1-8H3. The molecule has 0 spiro atoms. The smallest absolute Gasteiger partial charge is 0.0462 e. The molecule has 0 heterocycles. The average Bonchev–Trinajstić information content (AvgIpc) is 3.07. The highest BCUT2D eigenvalue weighted by Crippen LogP contribution is 2.39. The van der Waals surface area contributed by atoms with Crippen LogP contribution in [0, 0.1) is 13.8 Å². The van der Waals surface area contributed by atoms with Crippen molar-refractivity contribution in [1.82, 2.24) is 0 Å². The molecule has 0 radical (unpaired) electrons. The molecule has 242 valence electrons. The van der Waals surface area contributed by atoms with E-state index in [2.05, 4.69) is 211 Å². The van der Waals surface area contributed by atoms with Gasteiger partial charge in [0.25, 0.3) is 0 Å². The van der Waals surface area contributed by atoms with Gasteiger partial charge >= 0.3 is 0 Å². The Hall–Kier alpha value is -5.08. The van der Waals surface area contributed by atoms with Gasteiger partial charge in [-0.05, 0) is 120 Å². The fraction of sp³-hybridized carbons (Fsp3) is 0.217. The van der Waals surface area contributed by atoms with Crippen LogP contribution in [0.4, 0.5) is 34.1 Å². The highest BCUT2D eigenvalue weighted by atomic mass is 15.1. The second-order valence-electron chi connectivity index (χ2n) is 15.0. The molecule has 0 saturated heterocycles.